The number of aliphatic carboxylic acids is 2. The average Bonchev–Trinajstić information content (AvgIpc) is 3.59. The molecule has 5 heterocycles. The Hall–Kier alpha value is -3.65. The third-order valence-electron chi connectivity index (χ3n) is 8.53. The van der Waals surface area contributed by atoms with Crippen LogP contribution in [0.4, 0.5) is 0 Å². The van der Waals surface area contributed by atoms with E-state index in [-0.39, 0.29) is 42.3 Å². The van der Waals surface area contributed by atoms with Crippen LogP contribution in [-0.2, 0) is 39.5 Å². The summed E-state index contributed by atoms with van der Waals surface area (Å²) in [4.78, 5) is 43.1. The first kappa shape index (κ1) is 34.8. The summed E-state index contributed by atoms with van der Waals surface area (Å²) in [6, 6.07) is 7.93. The van der Waals surface area contributed by atoms with Crippen LogP contribution < -0.4 is 22.4 Å². The molecule has 0 fully saturated rings. The molecule has 0 atom stereocenters. The molecule has 2 aliphatic rings. The second kappa shape index (κ2) is 14.0. The van der Waals surface area contributed by atoms with Gasteiger partial charge >= 0.3 is 11.9 Å². The zero-order valence-electron chi connectivity index (χ0n) is 25.8. The van der Waals surface area contributed by atoms with E-state index in [1.54, 1.807) is 0 Å². The predicted octanol–water partition coefficient (Wildman–Crippen LogP) is 3.91. The fourth-order valence-corrected chi connectivity index (χ4v) is 6.06. The van der Waals surface area contributed by atoms with E-state index in [9.17, 15) is 19.8 Å². The number of hydrogen-bond donors (Lipinski definition) is 2. The van der Waals surface area contributed by atoms with Crippen LogP contribution >= 0.6 is 0 Å². The number of nitrogens with zero attached hydrogens (tertiary/aromatic N) is 4. The molecule has 0 saturated heterocycles. The van der Waals surface area contributed by atoms with Gasteiger partial charge in [-0.15, -0.1) is 22.1 Å². The third-order valence-corrected chi connectivity index (χ3v) is 8.53. The van der Waals surface area contributed by atoms with Crippen LogP contribution in [0, 0.1) is 13.8 Å². The van der Waals surface area contributed by atoms with Gasteiger partial charge < -0.3 is 32.6 Å². The standard InChI is InChI=1S/C34H38N4O4.ClH.Fe/c1-7-21-17(3)25-13-26-19(5)23(9-11-33(39)40)31(37-26)16-32-24(10-12-34(41)42)20(6)28(38-32)15-30-22(8-2)18(4)27(36-30)14-29(21)35-25;;/h13-16H,7-12H2,1-6H3,(H4,35,36,37,38,39,40,41,42);1H;/p-3. The van der Waals surface area contributed by atoms with Gasteiger partial charge in [0.1, 0.15) is 0 Å². The van der Waals surface area contributed by atoms with Crippen molar-refractivity contribution in [1.82, 2.24) is 19.9 Å². The average molecular weight is 656 g/mol. The molecule has 0 saturated carbocycles. The minimum absolute atomic E-state index is 0. The molecule has 2 N–H and O–H groups in total. The van der Waals surface area contributed by atoms with Crippen molar-refractivity contribution >= 4 is 56.3 Å². The van der Waals surface area contributed by atoms with Gasteiger partial charge in [0, 0.05) is 29.9 Å². The summed E-state index contributed by atoms with van der Waals surface area (Å²) in [5.74, 6) is -1.76. The van der Waals surface area contributed by atoms with Gasteiger partial charge in [0.2, 0.25) is 0 Å². The molecule has 0 radical (unpaired) electrons. The Labute approximate surface area is 274 Å². The van der Waals surface area contributed by atoms with Crippen molar-refractivity contribution in [2.45, 2.75) is 80.1 Å². The van der Waals surface area contributed by atoms with Gasteiger partial charge in [0.15, 0.2) is 0 Å². The first-order valence-electron chi connectivity index (χ1n) is 14.5. The predicted molar refractivity (Wildman–Crippen MR) is 166 cm³/mol. The largest absolute Gasteiger partial charge is 1.00 e. The Kier molecular flexibility index (Phi) is 11.1. The maximum Gasteiger partial charge on any atom is 0.303 e. The van der Waals surface area contributed by atoms with Crippen molar-refractivity contribution in [2.24, 2.45) is 0 Å². The SMILES string of the molecule is CCC1=C(C)c2cc3[n-]c(cc4[n-]c(cc5nc(cc1n2)C(C)=C5CC)c(C)c4CCC(=O)O)c(CCC(=O)O)c3C.[Cl-].[Fe]. The molecule has 234 valence electrons. The number of carbonyl (C=O) groups is 2. The number of fused-ring (bicyclic) bond motifs is 8. The van der Waals surface area contributed by atoms with E-state index in [4.69, 9.17) is 19.9 Å². The summed E-state index contributed by atoms with van der Waals surface area (Å²) >= 11 is 0. The molecule has 0 aromatic carbocycles. The van der Waals surface area contributed by atoms with E-state index in [1.165, 1.54) is 5.57 Å². The van der Waals surface area contributed by atoms with Crippen LogP contribution in [0.1, 0.15) is 98.4 Å². The van der Waals surface area contributed by atoms with Gasteiger partial charge in [-0.2, -0.15) is 0 Å². The Morgan fingerprint density at radius 3 is 1.43 bits per heavy atom. The molecular weight excluding hydrogens is 620 g/mol. The zero-order chi connectivity index (χ0) is 30.3. The zero-order valence-corrected chi connectivity index (χ0v) is 27.6. The third kappa shape index (κ3) is 6.55. The molecule has 2 aliphatic heterocycles. The number of allylic oxidation sites excluding steroid dienone is 4. The van der Waals surface area contributed by atoms with Gasteiger partial charge in [-0.25, -0.2) is 9.97 Å². The maximum atomic E-state index is 11.5. The van der Waals surface area contributed by atoms with E-state index >= 15 is 0 Å². The smallest absolute Gasteiger partial charge is 0.303 e. The van der Waals surface area contributed by atoms with Crippen LogP contribution in [0.15, 0.2) is 24.3 Å². The van der Waals surface area contributed by atoms with Gasteiger partial charge in [-0.05, 0) is 81.7 Å². The molecule has 5 rings (SSSR count). The van der Waals surface area contributed by atoms with E-state index in [0.29, 0.717) is 23.9 Å². The van der Waals surface area contributed by atoms with Crippen LogP contribution in [0.2, 0.25) is 0 Å². The molecule has 0 unspecified atom stereocenters. The molecule has 0 spiro atoms. The second-order valence-corrected chi connectivity index (χ2v) is 11.0. The van der Waals surface area contributed by atoms with E-state index in [2.05, 4.69) is 33.8 Å². The molecule has 44 heavy (non-hydrogen) atoms. The van der Waals surface area contributed by atoms with Crippen molar-refractivity contribution in [2.75, 3.05) is 0 Å². The van der Waals surface area contributed by atoms with Gasteiger partial charge in [0.05, 0.1) is 22.8 Å². The van der Waals surface area contributed by atoms with Crippen molar-refractivity contribution in [3.63, 3.8) is 0 Å². The minimum atomic E-state index is -0.878. The second-order valence-electron chi connectivity index (χ2n) is 11.0. The first-order chi connectivity index (χ1) is 20.0. The van der Waals surface area contributed by atoms with Crippen LogP contribution in [0.25, 0.3) is 44.4 Å². The van der Waals surface area contributed by atoms with Crippen molar-refractivity contribution in [1.29, 1.82) is 0 Å². The van der Waals surface area contributed by atoms with E-state index in [0.717, 1.165) is 85.6 Å². The summed E-state index contributed by atoms with van der Waals surface area (Å²) in [7, 11) is 0. The van der Waals surface area contributed by atoms with Crippen molar-refractivity contribution < 1.29 is 49.3 Å². The molecule has 0 amide bonds. The molecular formula is C34H36ClFeN4O4-3. The maximum absolute atomic E-state index is 11.5. The number of aryl methyl sites for hydroxylation is 4. The topological polar surface area (TPSA) is 129 Å². The fraction of sp³-hybridized carbons (Fsp3) is 0.353. The quantitative estimate of drug-likeness (QED) is 0.350. The number of hydrogen-bond acceptors (Lipinski definition) is 4. The fourth-order valence-electron chi connectivity index (χ4n) is 6.06. The molecule has 3 aromatic heterocycles. The van der Waals surface area contributed by atoms with Crippen molar-refractivity contribution in [3.05, 3.63) is 69.3 Å². The van der Waals surface area contributed by atoms with Crippen molar-refractivity contribution in [3.8, 4) is 0 Å². The number of carboxylic acid groups (broad SMARTS) is 2. The van der Waals surface area contributed by atoms with Gasteiger partial charge in [-0.3, -0.25) is 9.59 Å². The van der Waals surface area contributed by atoms with E-state index in [1.807, 2.05) is 32.0 Å². The summed E-state index contributed by atoms with van der Waals surface area (Å²) in [6.45, 7) is 12.3. The normalized spacial score (nSPS) is 12.7. The van der Waals surface area contributed by atoms with Gasteiger partial charge in [0.25, 0.3) is 0 Å². The number of carboxylic acids is 2. The van der Waals surface area contributed by atoms with Crippen LogP contribution in [-0.4, -0.2) is 32.1 Å². The number of halogens is 1. The van der Waals surface area contributed by atoms with Gasteiger partial charge in [-0.1, -0.05) is 54.3 Å². The summed E-state index contributed by atoms with van der Waals surface area (Å²) < 4.78 is 0. The molecule has 10 heteroatoms. The summed E-state index contributed by atoms with van der Waals surface area (Å²) in [5, 5.41) is 18.9. The molecule has 8 bridgehead atoms. The van der Waals surface area contributed by atoms with E-state index < -0.39 is 11.9 Å². The number of aromatic nitrogens is 4. The van der Waals surface area contributed by atoms with Crippen LogP contribution in [0.3, 0.4) is 0 Å². The summed E-state index contributed by atoms with van der Waals surface area (Å²) in [5.41, 5.74) is 14.3. The monoisotopic (exact) mass is 655 g/mol. The molecule has 3 aromatic rings. The summed E-state index contributed by atoms with van der Waals surface area (Å²) in [6.07, 6.45) is 2.23. The Morgan fingerprint density at radius 2 is 1.02 bits per heavy atom. The molecule has 8 nitrogen and oxygen atoms in total. The Morgan fingerprint density at radius 1 is 0.636 bits per heavy atom. The Balaban J connectivity index is 0.00000264. The molecule has 0 aliphatic carbocycles. The number of rotatable bonds is 8. The minimum Gasteiger partial charge on any atom is -1.00 e. The Bertz CT molecular complexity index is 1870. The van der Waals surface area contributed by atoms with Crippen LogP contribution in [0.5, 0.6) is 0 Å². The first-order valence-corrected chi connectivity index (χ1v) is 14.5.